The number of benzene rings is 1. The molecule has 0 spiro atoms. The number of hydrogen-bond donors (Lipinski definition) is 1. The molecule has 1 aromatic heterocycles. The highest BCUT2D eigenvalue weighted by atomic mass is 32.1. The molecule has 0 aliphatic heterocycles. The van der Waals surface area contributed by atoms with Gasteiger partial charge in [0.05, 0.1) is 5.69 Å². The summed E-state index contributed by atoms with van der Waals surface area (Å²) < 4.78 is 0. The van der Waals surface area contributed by atoms with Crippen molar-refractivity contribution in [3.63, 3.8) is 0 Å². The van der Waals surface area contributed by atoms with Crippen LogP contribution in [-0.4, -0.2) is 16.1 Å². The minimum atomic E-state index is -0.684. The van der Waals surface area contributed by atoms with Gasteiger partial charge in [0.2, 0.25) is 5.91 Å². The lowest BCUT2D eigenvalue weighted by atomic mass is 9.94. The first-order valence-corrected chi connectivity index (χ1v) is 7.80. The van der Waals surface area contributed by atoms with E-state index in [9.17, 15) is 9.59 Å². The SMILES string of the molecule is CC(C)(C)C(=O)N(C(=O)S)c1ccccc1Cc1ccccn1. The molecule has 1 heterocycles. The summed E-state index contributed by atoms with van der Waals surface area (Å²) >= 11 is 3.90. The zero-order chi connectivity index (χ0) is 17.0. The Bertz CT molecular complexity index is 708. The van der Waals surface area contributed by atoms with E-state index in [1.165, 1.54) is 0 Å². The van der Waals surface area contributed by atoms with Crippen LogP contribution in [0.15, 0.2) is 48.7 Å². The van der Waals surface area contributed by atoms with Gasteiger partial charge in [0.1, 0.15) is 0 Å². The van der Waals surface area contributed by atoms with E-state index >= 15 is 0 Å². The predicted molar refractivity (Wildman–Crippen MR) is 94.8 cm³/mol. The Hall–Kier alpha value is -2.14. The van der Waals surface area contributed by atoms with Crippen molar-refractivity contribution in [1.29, 1.82) is 0 Å². The molecule has 23 heavy (non-hydrogen) atoms. The topological polar surface area (TPSA) is 50.3 Å². The summed E-state index contributed by atoms with van der Waals surface area (Å²) in [4.78, 5) is 30.1. The summed E-state index contributed by atoms with van der Waals surface area (Å²) in [6.45, 7) is 5.33. The highest BCUT2D eigenvalue weighted by molar-refractivity contribution is 7.97. The van der Waals surface area contributed by atoms with Crippen LogP contribution >= 0.6 is 12.6 Å². The van der Waals surface area contributed by atoms with Crippen molar-refractivity contribution in [3.8, 4) is 0 Å². The van der Waals surface area contributed by atoms with Crippen LogP contribution in [0.2, 0.25) is 0 Å². The normalized spacial score (nSPS) is 11.1. The minimum absolute atomic E-state index is 0.286. The number of para-hydroxylation sites is 1. The molecule has 0 fully saturated rings. The van der Waals surface area contributed by atoms with Crippen molar-refractivity contribution in [1.82, 2.24) is 4.98 Å². The van der Waals surface area contributed by atoms with Crippen LogP contribution in [0.4, 0.5) is 10.5 Å². The summed E-state index contributed by atoms with van der Waals surface area (Å²) in [5.74, 6) is -0.286. The van der Waals surface area contributed by atoms with E-state index in [0.29, 0.717) is 12.1 Å². The first-order valence-electron chi connectivity index (χ1n) is 7.36. The van der Waals surface area contributed by atoms with Gasteiger partial charge in [-0.3, -0.25) is 14.6 Å². The molecule has 0 saturated heterocycles. The Balaban J connectivity index is 2.45. The fraction of sp³-hybridized carbons (Fsp3) is 0.278. The van der Waals surface area contributed by atoms with Crippen molar-refractivity contribution >= 4 is 29.5 Å². The highest BCUT2D eigenvalue weighted by Crippen LogP contribution is 2.28. The number of amides is 2. The third-order valence-electron chi connectivity index (χ3n) is 3.37. The Morgan fingerprint density at radius 2 is 1.74 bits per heavy atom. The molecule has 0 aliphatic rings. The van der Waals surface area contributed by atoms with Gasteiger partial charge in [-0.15, -0.1) is 0 Å². The monoisotopic (exact) mass is 328 g/mol. The van der Waals surface area contributed by atoms with Crippen LogP contribution in [-0.2, 0) is 11.2 Å². The van der Waals surface area contributed by atoms with Crippen LogP contribution < -0.4 is 4.90 Å². The van der Waals surface area contributed by atoms with Gasteiger partial charge in [0.25, 0.3) is 5.24 Å². The number of imide groups is 1. The Morgan fingerprint density at radius 3 is 2.30 bits per heavy atom. The lowest BCUT2D eigenvalue weighted by Gasteiger charge is -2.28. The van der Waals surface area contributed by atoms with E-state index in [0.717, 1.165) is 16.2 Å². The maximum atomic E-state index is 12.7. The van der Waals surface area contributed by atoms with Crippen molar-refractivity contribution in [2.45, 2.75) is 27.2 Å². The third kappa shape index (κ3) is 4.20. The third-order valence-corrected chi connectivity index (χ3v) is 3.57. The molecule has 5 heteroatoms. The van der Waals surface area contributed by atoms with E-state index in [2.05, 4.69) is 17.6 Å². The smallest absolute Gasteiger partial charge is 0.273 e. The molecule has 0 bridgehead atoms. The number of pyridine rings is 1. The number of thiol groups is 1. The molecule has 2 amide bonds. The molecule has 0 radical (unpaired) electrons. The van der Waals surface area contributed by atoms with Crippen LogP contribution in [0.5, 0.6) is 0 Å². The van der Waals surface area contributed by atoms with Crippen molar-refractivity contribution in [2.75, 3.05) is 4.90 Å². The van der Waals surface area contributed by atoms with E-state index in [1.807, 2.05) is 30.3 Å². The Morgan fingerprint density at radius 1 is 1.09 bits per heavy atom. The molecule has 0 unspecified atom stereocenters. The molecule has 0 aliphatic carbocycles. The van der Waals surface area contributed by atoms with Crippen molar-refractivity contribution in [2.24, 2.45) is 5.41 Å². The first kappa shape index (κ1) is 17.2. The zero-order valence-electron chi connectivity index (χ0n) is 13.5. The summed E-state index contributed by atoms with van der Waals surface area (Å²) in [6, 6.07) is 13.0. The second-order valence-corrected chi connectivity index (χ2v) is 6.68. The van der Waals surface area contributed by atoms with Crippen molar-refractivity contribution in [3.05, 3.63) is 59.9 Å². The van der Waals surface area contributed by atoms with E-state index < -0.39 is 10.7 Å². The summed E-state index contributed by atoms with van der Waals surface area (Å²) in [5, 5.41) is -0.585. The molecular formula is C18H20N2O2S. The van der Waals surface area contributed by atoms with Gasteiger partial charge in [0.15, 0.2) is 0 Å². The summed E-state index contributed by atoms with van der Waals surface area (Å²) in [6.07, 6.45) is 2.26. The van der Waals surface area contributed by atoms with Gasteiger partial charge >= 0.3 is 0 Å². The fourth-order valence-electron chi connectivity index (χ4n) is 2.21. The van der Waals surface area contributed by atoms with Crippen LogP contribution in [0.1, 0.15) is 32.0 Å². The van der Waals surface area contributed by atoms with E-state index in [1.54, 1.807) is 39.1 Å². The van der Waals surface area contributed by atoms with Gasteiger partial charge in [-0.2, -0.15) is 0 Å². The molecule has 0 atom stereocenters. The second kappa shape index (κ2) is 6.96. The van der Waals surface area contributed by atoms with Gasteiger partial charge in [0, 0.05) is 23.7 Å². The highest BCUT2D eigenvalue weighted by Gasteiger charge is 2.32. The van der Waals surface area contributed by atoms with Crippen LogP contribution in [0.25, 0.3) is 0 Å². The molecule has 2 rings (SSSR count). The average molecular weight is 328 g/mol. The molecule has 4 nitrogen and oxygen atoms in total. The minimum Gasteiger partial charge on any atom is -0.273 e. The average Bonchev–Trinajstić information content (AvgIpc) is 2.49. The number of carbonyl (C=O) groups is 2. The predicted octanol–water partition coefficient (Wildman–Crippen LogP) is 4.10. The van der Waals surface area contributed by atoms with Crippen molar-refractivity contribution < 1.29 is 9.59 Å². The fourth-order valence-corrected chi connectivity index (χ4v) is 2.41. The number of aromatic nitrogens is 1. The van der Waals surface area contributed by atoms with E-state index in [4.69, 9.17) is 0 Å². The molecule has 0 saturated carbocycles. The van der Waals surface area contributed by atoms with Crippen LogP contribution in [0.3, 0.4) is 0 Å². The quantitative estimate of drug-likeness (QED) is 0.863. The summed E-state index contributed by atoms with van der Waals surface area (Å²) in [5.41, 5.74) is 1.59. The van der Waals surface area contributed by atoms with Gasteiger partial charge < -0.3 is 0 Å². The summed E-state index contributed by atoms with van der Waals surface area (Å²) in [7, 11) is 0. The number of carbonyl (C=O) groups excluding carboxylic acids is 2. The maximum absolute atomic E-state index is 12.7. The van der Waals surface area contributed by atoms with Crippen LogP contribution in [0, 0.1) is 5.41 Å². The maximum Gasteiger partial charge on any atom is 0.289 e. The largest absolute Gasteiger partial charge is 0.289 e. The second-order valence-electron chi connectivity index (χ2n) is 6.30. The lowest BCUT2D eigenvalue weighted by Crippen LogP contribution is -2.41. The Labute approximate surface area is 142 Å². The number of hydrogen-bond acceptors (Lipinski definition) is 3. The number of anilines is 1. The zero-order valence-corrected chi connectivity index (χ0v) is 14.4. The molecule has 120 valence electrons. The van der Waals surface area contributed by atoms with E-state index in [-0.39, 0.29) is 5.91 Å². The number of nitrogens with zero attached hydrogens (tertiary/aromatic N) is 2. The lowest BCUT2D eigenvalue weighted by molar-refractivity contribution is -0.124. The molecule has 0 N–H and O–H groups in total. The van der Waals surface area contributed by atoms with Gasteiger partial charge in [-0.1, -0.05) is 57.7 Å². The van der Waals surface area contributed by atoms with Gasteiger partial charge in [-0.25, -0.2) is 4.90 Å². The molecule has 1 aromatic carbocycles. The first-order chi connectivity index (χ1) is 10.8. The molecular weight excluding hydrogens is 308 g/mol. The Kier molecular flexibility index (Phi) is 5.21. The number of rotatable bonds is 3. The molecule has 2 aromatic rings. The van der Waals surface area contributed by atoms with Gasteiger partial charge in [-0.05, 0) is 23.8 Å². The standard InChI is InChI=1S/C18H20N2O2S/c1-18(2,3)16(21)20(17(22)23)15-10-5-4-8-13(15)12-14-9-6-7-11-19-14/h4-11H,12H2,1-3H3,(H,22,23).